The molecule has 0 spiro atoms. The van der Waals surface area contributed by atoms with Gasteiger partial charge in [0.05, 0.1) is 18.3 Å². The third-order valence-electron chi connectivity index (χ3n) is 2.43. The van der Waals surface area contributed by atoms with Crippen LogP contribution in [-0.4, -0.2) is 23.4 Å². The van der Waals surface area contributed by atoms with Crippen molar-refractivity contribution in [2.75, 3.05) is 0 Å². The summed E-state index contributed by atoms with van der Waals surface area (Å²) in [5.41, 5.74) is 0. The second-order valence-electron chi connectivity index (χ2n) is 3.75. The molecule has 0 aromatic carbocycles. The molecule has 0 aromatic rings. The second-order valence-corrected chi connectivity index (χ2v) is 3.75. The van der Waals surface area contributed by atoms with Crippen molar-refractivity contribution in [3.8, 4) is 0 Å². The number of hydrogen-bond donors (Lipinski definition) is 1. The maximum Gasteiger partial charge on any atom is 0.0841 e. The lowest BCUT2D eigenvalue weighted by atomic mass is 10.1. The molecular weight excluding hydrogens is 164 g/mol. The van der Waals surface area contributed by atoms with E-state index in [-0.39, 0.29) is 18.3 Å². The van der Waals surface area contributed by atoms with Crippen LogP contribution in [0.3, 0.4) is 0 Å². The van der Waals surface area contributed by atoms with Crippen molar-refractivity contribution >= 4 is 0 Å². The van der Waals surface area contributed by atoms with Crippen LogP contribution in [0.2, 0.25) is 0 Å². The first-order valence-corrected chi connectivity index (χ1v) is 5.22. The molecule has 0 aromatic heterocycles. The molecule has 1 saturated heterocycles. The van der Waals surface area contributed by atoms with Crippen LogP contribution in [-0.2, 0) is 4.74 Å². The summed E-state index contributed by atoms with van der Waals surface area (Å²) in [5.74, 6) is 0. The molecule has 0 amide bonds. The molecule has 3 atom stereocenters. The molecule has 13 heavy (non-hydrogen) atoms. The normalized spacial score (nSPS) is 34.5. The van der Waals surface area contributed by atoms with Crippen molar-refractivity contribution in [1.29, 1.82) is 0 Å². The largest absolute Gasteiger partial charge is 0.390 e. The monoisotopic (exact) mass is 184 g/mol. The summed E-state index contributed by atoms with van der Waals surface area (Å²) < 4.78 is 5.57. The molecule has 2 nitrogen and oxygen atoms in total. The Hall–Kier alpha value is -0.340. The van der Waals surface area contributed by atoms with Crippen molar-refractivity contribution in [3.63, 3.8) is 0 Å². The van der Waals surface area contributed by atoms with E-state index in [4.69, 9.17) is 4.74 Å². The van der Waals surface area contributed by atoms with E-state index in [2.05, 4.69) is 19.1 Å². The van der Waals surface area contributed by atoms with E-state index < -0.39 is 0 Å². The van der Waals surface area contributed by atoms with Crippen LogP contribution < -0.4 is 0 Å². The molecule has 76 valence electrons. The highest BCUT2D eigenvalue weighted by molar-refractivity contribution is 4.85. The average Bonchev–Trinajstić information content (AvgIpc) is 2.39. The number of hydrogen-bond acceptors (Lipinski definition) is 2. The van der Waals surface area contributed by atoms with E-state index in [0.29, 0.717) is 0 Å². The highest BCUT2D eigenvalue weighted by atomic mass is 16.5. The van der Waals surface area contributed by atoms with Crippen molar-refractivity contribution < 1.29 is 9.84 Å². The number of aliphatic hydroxyl groups excluding tert-OH is 1. The van der Waals surface area contributed by atoms with E-state index in [9.17, 15) is 5.11 Å². The zero-order chi connectivity index (χ0) is 9.68. The van der Waals surface area contributed by atoms with Gasteiger partial charge < -0.3 is 9.84 Å². The highest BCUT2D eigenvalue weighted by Gasteiger charge is 2.30. The van der Waals surface area contributed by atoms with Crippen molar-refractivity contribution in [3.05, 3.63) is 12.2 Å². The molecule has 0 aliphatic carbocycles. The third-order valence-corrected chi connectivity index (χ3v) is 2.43. The topological polar surface area (TPSA) is 29.5 Å². The summed E-state index contributed by atoms with van der Waals surface area (Å²) in [6.45, 7) is 4.14. The molecule has 1 heterocycles. The zero-order valence-electron chi connectivity index (χ0n) is 8.57. The van der Waals surface area contributed by atoms with E-state index in [1.54, 1.807) is 0 Å². The van der Waals surface area contributed by atoms with Gasteiger partial charge in [0.1, 0.15) is 0 Å². The van der Waals surface area contributed by atoms with Crippen LogP contribution in [0.5, 0.6) is 0 Å². The number of ether oxygens (including phenoxy) is 1. The summed E-state index contributed by atoms with van der Waals surface area (Å²) in [5, 5.41) is 9.57. The molecule has 1 fully saturated rings. The predicted molar refractivity (Wildman–Crippen MR) is 53.6 cm³/mol. The van der Waals surface area contributed by atoms with E-state index in [1.807, 2.05) is 6.92 Å². The van der Waals surface area contributed by atoms with Gasteiger partial charge in [0.15, 0.2) is 0 Å². The molecule has 0 radical (unpaired) electrons. The highest BCUT2D eigenvalue weighted by Crippen LogP contribution is 2.23. The van der Waals surface area contributed by atoms with Crippen LogP contribution in [0.15, 0.2) is 12.2 Å². The Kier molecular flexibility index (Phi) is 4.46. The van der Waals surface area contributed by atoms with Crippen molar-refractivity contribution in [1.82, 2.24) is 0 Å². The minimum atomic E-state index is -0.245. The van der Waals surface area contributed by atoms with Gasteiger partial charge in [-0.05, 0) is 26.2 Å². The van der Waals surface area contributed by atoms with Gasteiger partial charge in [-0.1, -0.05) is 19.1 Å². The van der Waals surface area contributed by atoms with Crippen LogP contribution in [0.25, 0.3) is 0 Å². The molecule has 2 heteroatoms. The predicted octanol–water partition coefficient (Wildman–Crippen LogP) is 2.27. The van der Waals surface area contributed by atoms with E-state index >= 15 is 0 Å². The summed E-state index contributed by atoms with van der Waals surface area (Å²) >= 11 is 0. The van der Waals surface area contributed by atoms with Crippen LogP contribution >= 0.6 is 0 Å². The second kappa shape index (κ2) is 5.40. The Balaban J connectivity index is 2.18. The van der Waals surface area contributed by atoms with Gasteiger partial charge in [-0.3, -0.25) is 0 Å². The number of rotatable bonds is 4. The molecular formula is C11H20O2. The van der Waals surface area contributed by atoms with Crippen LogP contribution in [0, 0.1) is 0 Å². The standard InChI is InChI=1S/C11H20O2/c1-3-4-5-6-7-11-10(12)8-9(2)13-11/h4-5,9-12H,3,6-8H2,1-2H3/t9-,10+,11+/m1/s1. The Morgan fingerprint density at radius 1 is 1.46 bits per heavy atom. The average molecular weight is 184 g/mol. The lowest BCUT2D eigenvalue weighted by Gasteiger charge is -2.12. The summed E-state index contributed by atoms with van der Waals surface area (Å²) in [4.78, 5) is 0. The molecule has 1 aliphatic heterocycles. The van der Waals surface area contributed by atoms with E-state index in [0.717, 1.165) is 25.7 Å². The fourth-order valence-corrected chi connectivity index (χ4v) is 1.74. The number of aliphatic hydroxyl groups is 1. The maximum atomic E-state index is 9.57. The van der Waals surface area contributed by atoms with Gasteiger partial charge in [-0.15, -0.1) is 0 Å². The fourth-order valence-electron chi connectivity index (χ4n) is 1.74. The molecule has 1 N–H and O–H groups in total. The van der Waals surface area contributed by atoms with Crippen molar-refractivity contribution in [2.24, 2.45) is 0 Å². The smallest absolute Gasteiger partial charge is 0.0841 e. The molecule has 0 unspecified atom stereocenters. The number of allylic oxidation sites excluding steroid dienone is 2. The van der Waals surface area contributed by atoms with Crippen LogP contribution in [0.1, 0.15) is 39.5 Å². The maximum absolute atomic E-state index is 9.57. The summed E-state index contributed by atoms with van der Waals surface area (Å²) in [6.07, 6.45) is 8.22. The lowest BCUT2D eigenvalue weighted by molar-refractivity contribution is 0.0120. The van der Waals surface area contributed by atoms with Gasteiger partial charge in [-0.25, -0.2) is 0 Å². The fraction of sp³-hybridized carbons (Fsp3) is 0.818. The van der Waals surface area contributed by atoms with Gasteiger partial charge in [0.2, 0.25) is 0 Å². The molecule has 1 rings (SSSR count). The van der Waals surface area contributed by atoms with Gasteiger partial charge in [-0.2, -0.15) is 0 Å². The lowest BCUT2D eigenvalue weighted by Crippen LogP contribution is -2.20. The molecule has 1 aliphatic rings. The van der Waals surface area contributed by atoms with Gasteiger partial charge in [0.25, 0.3) is 0 Å². The quantitative estimate of drug-likeness (QED) is 0.679. The zero-order valence-corrected chi connectivity index (χ0v) is 8.57. The first-order valence-electron chi connectivity index (χ1n) is 5.22. The van der Waals surface area contributed by atoms with Crippen molar-refractivity contribution in [2.45, 2.75) is 57.8 Å². The third kappa shape index (κ3) is 3.49. The van der Waals surface area contributed by atoms with E-state index in [1.165, 1.54) is 0 Å². The SMILES string of the molecule is CCC=CCC[C@@H]1O[C@H](C)C[C@@H]1O. The Morgan fingerprint density at radius 2 is 2.23 bits per heavy atom. The summed E-state index contributed by atoms with van der Waals surface area (Å²) in [6, 6.07) is 0. The van der Waals surface area contributed by atoms with Gasteiger partial charge in [0, 0.05) is 6.42 Å². The summed E-state index contributed by atoms with van der Waals surface area (Å²) in [7, 11) is 0. The Labute approximate surface area is 80.6 Å². The van der Waals surface area contributed by atoms with Crippen LogP contribution in [0.4, 0.5) is 0 Å². The Morgan fingerprint density at radius 3 is 2.77 bits per heavy atom. The molecule has 0 saturated carbocycles. The minimum Gasteiger partial charge on any atom is -0.390 e. The Bertz CT molecular complexity index is 165. The van der Waals surface area contributed by atoms with Gasteiger partial charge >= 0.3 is 0 Å². The first-order chi connectivity index (χ1) is 6.24. The first kappa shape index (κ1) is 10.7. The molecule has 0 bridgehead atoms. The minimum absolute atomic E-state index is 0.0662.